The van der Waals surface area contributed by atoms with Crippen molar-refractivity contribution in [1.29, 1.82) is 0 Å². The summed E-state index contributed by atoms with van der Waals surface area (Å²) < 4.78 is 11.2. The van der Waals surface area contributed by atoms with Crippen molar-refractivity contribution in [1.82, 2.24) is 10.2 Å². The van der Waals surface area contributed by atoms with Crippen molar-refractivity contribution in [3.8, 4) is 11.5 Å². The van der Waals surface area contributed by atoms with Gasteiger partial charge in [-0.05, 0) is 35.9 Å². The molecule has 33 heavy (non-hydrogen) atoms. The highest BCUT2D eigenvalue weighted by atomic mass is 35.5. The minimum Gasteiger partial charge on any atom is -0.504 e. The minimum atomic E-state index is -0.852. The second-order valence-electron chi connectivity index (χ2n) is 7.90. The van der Waals surface area contributed by atoms with Crippen LogP contribution in [0, 0.1) is 0 Å². The summed E-state index contributed by atoms with van der Waals surface area (Å²) in [7, 11) is 1.42. The molecule has 8 nitrogen and oxygen atoms in total. The van der Waals surface area contributed by atoms with E-state index in [2.05, 4.69) is 10.2 Å². The summed E-state index contributed by atoms with van der Waals surface area (Å²) in [6, 6.07) is 8.49. The van der Waals surface area contributed by atoms with Gasteiger partial charge >= 0.3 is 0 Å². The van der Waals surface area contributed by atoms with Gasteiger partial charge in [-0.25, -0.2) is 0 Å². The molecule has 0 fully saturated rings. The number of ether oxygens (including phenoxy) is 1. The quantitative estimate of drug-likeness (QED) is 0.440. The Labute approximate surface area is 197 Å². The zero-order chi connectivity index (χ0) is 23.4. The van der Waals surface area contributed by atoms with E-state index in [-0.39, 0.29) is 45.1 Å². The Balaban J connectivity index is 1.80. The first-order valence-electron chi connectivity index (χ1n) is 10.1. The maximum absolute atomic E-state index is 13.6. The number of methoxy groups -OCH3 is 1. The SMILES string of the molecule is COc1cc([C@H]2c3c(oc4ccc(Cl)cc4c3=O)C(=O)N2c2nnc(C(C)C)s2)ccc1O. The van der Waals surface area contributed by atoms with Crippen LogP contribution in [0.2, 0.25) is 5.02 Å². The predicted molar refractivity (Wildman–Crippen MR) is 125 cm³/mol. The maximum Gasteiger partial charge on any atom is 0.297 e. The first-order valence-corrected chi connectivity index (χ1v) is 11.3. The number of rotatable bonds is 4. The van der Waals surface area contributed by atoms with E-state index >= 15 is 0 Å². The Kier molecular flexibility index (Phi) is 5.10. The number of aromatic nitrogens is 2. The van der Waals surface area contributed by atoms with Gasteiger partial charge < -0.3 is 14.3 Å². The molecule has 1 aliphatic rings. The second-order valence-corrected chi connectivity index (χ2v) is 9.33. The Hall–Kier alpha value is -3.43. The van der Waals surface area contributed by atoms with Crippen molar-refractivity contribution in [2.75, 3.05) is 12.0 Å². The Morgan fingerprint density at radius 3 is 2.67 bits per heavy atom. The molecular formula is C23H18ClN3O5S. The number of amides is 1. The largest absolute Gasteiger partial charge is 0.504 e. The summed E-state index contributed by atoms with van der Waals surface area (Å²) in [5, 5.41) is 20.3. The van der Waals surface area contributed by atoms with E-state index in [1.165, 1.54) is 35.5 Å². The lowest BCUT2D eigenvalue weighted by Gasteiger charge is -2.22. The lowest BCUT2D eigenvalue weighted by atomic mass is 9.98. The predicted octanol–water partition coefficient (Wildman–Crippen LogP) is 4.89. The van der Waals surface area contributed by atoms with Gasteiger partial charge in [-0.15, -0.1) is 10.2 Å². The van der Waals surface area contributed by atoms with Gasteiger partial charge in [0.05, 0.1) is 24.1 Å². The van der Waals surface area contributed by atoms with Crippen molar-refractivity contribution in [2.45, 2.75) is 25.8 Å². The van der Waals surface area contributed by atoms with Gasteiger partial charge in [0.25, 0.3) is 5.91 Å². The highest BCUT2D eigenvalue weighted by molar-refractivity contribution is 7.15. The van der Waals surface area contributed by atoms with Gasteiger partial charge in [0, 0.05) is 10.9 Å². The number of fused-ring (bicyclic) bond motifs is 2. The fraction of sp³-hybridized carbons (Fsp3) is 0.217. The van der Waals surface area contributed by atoms with Crippen LogP contribution in [0.15, 0.2) is 45.6 Å². The maximum atomic E-state index is 13.6. The van der Waals surface area contributed by atoms with Crippen molar-refractivity contribution in [2.24, 2.45) is 0 Å². The molecule has 3 heterocycles. The standard InChI is InChI=1S/C23H18ClN3O5S/c1-10(2)21-25-26-23(33-21)27-18(11-4-6-14(28)16(8-11)31-3)17-19(29)13-9-12(24)5-7-15(13)32-20(17)22(27)30/h4-10,18,28H,1-3H3/t18-/m0/s1. The molecule has 1 atom stereocenters. The van der Waals surface area contributed by atoms with Gasteiger partial charge in [-0.1, -0.05) is 42.9 Å². The monoisotopic (exact) mass is 483 g/mol. The molecule has 1 aliphatic heterocycles. The number of hydrogen-bond donors (Lipinski definition) is 1. The van der Waals surface area contributed by atoms with Gasteiger partial charge in [0.15, 0.2) is 16.9 Å². The third kappa shape index (κ3) is 3.35. The van der Waals surface area contributed by atoms with Gasteiger partial charge in [-0.3, -0.25) is 14.5 Å². The molecule has 0 saturated heterocycles. The van der Waals surface area contributed by atoms with E-state index in [1.807, 2.05) is 13.8 Å². The second kappa shape index (κ2) is 7.86. The molecule has 5 rings (SSSR count). The molecule has 0 spiro atoms. The number of hydrogen-bond acceptors (Lipinski definition) is 8. The van der Waals surface area contributed by atoms with Gasteiger partial charge in [-0.2, -0.15) is 0 Å². The summed E-state index contributed by atoms with van der Waals surface area (Å²) in [6.45, 7) is 3.96. The lowest BCUT2D eigenvalue weighted by molar-refractivity contribution is 0.0970. The van der Waals surface area contributed by atoms with E-state index in [0.717, 1.165) is 5.01 Å². The Morgan fingerprint density at radius 1 is 1.18 bits per heavy atom. The van der Waals surface area contributed by atoms with E-state index in [9.17, 15) is 14.7 Å². The van der Waals surface area contributed by atoms with E-state index in [4.69, 9.17) is 20.8 Å². The van der Waals surface area contributed by atoms with Crippen LogP contribution in [0.5, 0.6) is 11.5 Å². The minimum absolute atomic E-state index is 0.0619. The van der Waals surface area contributed by atoms with Crippen LogP contribution in [-0.4, -0.2) is 28.3 Å². The van der Waals surface area contributed by atoms with E-state index < -0.39 is 11.9 Å². The summed E-state index contributed by atoms with van der Waals surface area (Å²) in [5.74, 6) is -0.293. The molecule has 2 aromatic carbocycles. The number of phenolic OH excluding ortho intramolecular Hbond substituents is 1. The molecule has 168 valence electrons. The van der Waals surface area contributed by atoms with Gasteiger partial charge in [0.2, 0.25) is 10.9 Å². The molecule has 2 aromatic heterocycles. The van der Waals surface area contributed by atoms with Crippen molar-refractivity contribution in [3.63, 3.8) is 0 Å². The fourth-order valence-corrected chi connectivity index (χ4v) is 4.92. The van der Waals surface area contributed by atoms with Crippen molar-refractivity contribution < 1.29 is 19.1 Å². The van der Waals surface area contributed by atoms with Crippen LogP contribution in [0.3, 0.4) is 0 Å². The summed E-state index contributed by atoms with van der Waals surface area (Å²) in [5.41, 5.74) is 0.617. The Bertz CT molecular complexity index is 1480. The first-order chi connectivity index (χ1) is 15.8. The third-order valence-corrected chi connectivity index (χ3v) is 6.94. The number of phenols is 1. The third-order valence-electron chi connectivity index (χ3n) is 5.48. The zero-order valence-electron chi connectivity index (χ0n) is 17.8. The molecule has 4 aromatic rings. The molecular weight excluding hydrogens is 466 g/mol. The van der Waals surface area contributed by atoms with Crippen LogP contribution in [0.25, 0.3) is 11.0 Å². The number of aromatic hydroxyl groups is 1. The molecule has 0 bridgehead atoms. The number of halogens is 1. The van der Waals surface area contributed by atoms with E-state index in [0.29, 0.717) is 15.7 Å². The molecule has 10 heteroatoms. The van der Waals surface area contributed by atoms with Gasteiger partial charge in [0.1, 0.15) is 10.6 Å². The van der Waals surface area contributed by atoms with Crippen LogP contribution >= 0.6 is 22.9 Å². The van der Waals surface area contributed by atoms with Crippen LogP contribution in [0.4, 0.5) is 5.13 Å². The summed E-state index contributed by atoms with van der Waals surface area (Å²) in [6.07, 6.45) is 0. The summed E-state index contributed by atoms with van der Waals surface area (Å²) in [4.78, 5) is 28.6. The molecule has 0 saturated carbocycles. The average molecular weight is 484 g/mol. The Morgan fingerprint density at radius 2 is 1.97 bits per heavy atom. The molecule has 0 radical (unpaired) electrons. The highest BCUT2D eigenvalue weighted by Crippen LogP contribution is 2.44. The summed E-state index contributed by atoms with van der Waals surface area (Å²) >= 11 is 7.39. The van der Waals surface area contributed by atoms with Crippen LogP contribution in [-0.2, 0) is 0 Å². The first kappa shape index (κ1) is 21.4. The number of benzene rings is 2. The molecule has 1 amide bonds. The number of carbonyl (C=O) groups excluding carboxylic acids is 1. The smallest absolute Gasteiger partial charge is 0.297 e. The average Bonchev–Trinajstić information content (AvgIpc) is 3.38. The molecule has 0 unspecified atom stereocenters. The fourth-order valence-electron chi connectivity index (χ4n) is 3.88. The number of carbonyl (C=O) groups is 1. The van der Waals surface area contributed by atoms with E-state index in [1.54, 1.807) is 24.3 Å². The zero-order valence-corrected chi connectivity index (χ0v) is 19.4. The van der Waals surface area contributed by atoms with Crippen LogP contribution < -0.4 is 15.1 Å². The molecule has 0 aliphatic carbocycles. The topological polar surface area (TPSA) is 106 Å². The number of anilines is 1. The van der Waals surface area contributed by atoms with Crippen molar-refractivity contribution in [3.05, 3.63) is 73.5 Å². The van der Waals surface area contributed by atoms with Crippen LogP contribution in [0.1, 0.15) is 52.5 Å². The lowest BCUT2D eigenvalue weighted by Crippen LogP contribution is -2.29. The van der Waals surface area contributed by atoms with Crippen molar-refractivity contribution >= 4 is 44.9 Å². The number of nitrogens with zero attached hydrogens (tertiary/aromatic N) is 3. The highest BCUT2D eigenvalue weighted by Gasteiger charge is 2.45. The molecule has 1 N–H and O–H groups in total. The normalized spacial score (nSPS) is 15.5.